The maximum absolute atomic E-state index is 12.8. The van der Waals surface area contributed by atoms with E-state index < -0.39 is 0 Å². The Balaban J connectivity index is 1.44. The number of para-hydroxylation sites is 1. The summed E-state index contributed by atoms with van der Waals surface area (Å²) in [5.74, 6) is 0.792. The molecule has 1 amide bonds. The summed E-state index contributed by atoms with van der Waals surface area (Å²) in [5, 5.41) is 4.01. The van der Waals surface area contributed by atoms with Crippen LogP contribution >= 0.6 is 0 Å². The third-order valence-electron chi connectivity index (χ3n) is 6.05. The number of carbonyl (C=O) groups excluding carboxylic acids is 1. The Kier molecular flexibility index (Phi) is 4.76. The lowest BCUT2D eigenvalue weighted by atomic mass is 9.91. The van der Waals surface area contributed by atoms with Gasteiger partial charge in [-0.3, -0.25) is 14.2 Å². The van der Waals surface area contributed by atoms with Gasteiger partial charge < -0.3 is 10.2 Å². The van der Waals surface area contributed by atoms with Crippen LogP contribution in [0.2, 0.25) is 0 Å². The summed E-state index contributed by atoms with van der Waals surface area (Å²) in [5.41, 5.74) is 0.756. The van der Waals surface area contributed by atoms with E-state index in [4.69, 9.17) is 0 Å². The van der Waals surface area contributed by atoms with E-state index in [-0.39, 0.29) is 23.4 Å². The number of rotatable bonds is 3. The highest BCUT2D eigenvalue weighted by atomic mass is 16.2. The molecule has 2 aliphatic rings. The van der Waals surface area contributed by atoms with Crippen molar-refractivity contribution in [2.45, 2.75) is 32.2 Å². The quantitative estimate of drug-likeness (QED) is 0.913. The van der Waals surface area contributed by atoms with Crippen LogP contribution in [0.1, 0.15) is 32.2 Å². The zero-order chi connectivity index (χ0) is 18.1. The zero-order valence-corrected chi connectivity index (χ0v) is 15.2. The fraction of sp³-hybridized carbons (Fsp3) is 0.550. The van der Waals surface area contributed by atoms with Crippen LogP contribution in [0, 0.1) is 11.8 Å². The number of likely N-dealkylation sites (tertiary alicyclic amines) is 1. The molecule has 2 saturated heterocycles. The third-order valence-corrected chi connectivity index (χ3v) is 6.05. The number of hydrogen-bond acceptors (Lipinski definition) is 4. The van der Waals surface area contributed by atoms with Gasteiger partial charge in [-0.1, -0.05) is 19.1 Å². The molecule has 0 bridgehead atoms. The van der Waals surface area contributed by atoms with Crippen LogP contribution in [0.4, 0.5) is 0 Å². The van der Waals surface area contributed by atoms with E-state index in [1.807, 2.05) is 29.2 Å². The molecule has 3 heterocycles. The Hall–Kier alpha value is -2.21. The normalized spacial score (nSPS) is 22.7. The Morgan fingerprint density at radius 2 is 2.00 bits per heavy atom. The van der Waals surface area contributed by atoms with Crippen molar-refractivity contribution in [3.05, 3.63) is 40.9 Å². The van der Waals surface area contributed by atoms with Crippen molar-refractivity contribution in [2.24, 2.45) is 11.8 Å². The number of fused-ring (bicyclic) bond motifs is 1. The van der Waals surface area contributed by atoms with E-state index in [1.165, 1.54) is 0 Å². The van der Waals surface area contributed by atoms with Crippen LogP contribution in [0.25, 0.3) is 10.9 Å². The number of nitrogens with one attached hydrogen (secondary N) is 1. The predicted octanol–water partition coefficient (Wildman–Crippen LogP) is 1.81. The van der Waals surface area contributed by atoms with Crippen molar-refractivity contribution in [2.75, 3.05) is 26.2 Å². The lowest BCUT2D eigenvalue weighted by molar-refractivity contribution is -0.137. The van der Waals surface area contributed by atoms with Gasteiger partial charge in [-0.25, -0.2) is 4.98 Å². The molecule has 4 rings (SSSR count). The van der Waals surface area contributed by atoms with E-state index in [0.29, 0.717) is 24.4 Å². The molecule has 2 aromatic rings. The molecule has 2 fully saturated rings. The molecule has 1 aromatic heterocycles. The molecule has 0 aliphatic carbocycles. The summed E-state index contributed by atoms with van der Waals surface area (Å²) < 4.78 is 1.76. The van der Waals surface area contributed by atoms with Gasteiger partial charge in [0.15, 0.2) is 0 Å². The second-order valence-corrected chi connectivity index (χ2v) is 7.57. The van der Waals surface area contributed by atoms with E-state index in [1.54, 1.807) is 10.9 Å². The SMILES string of the molecule is CC(C(=O)N1CCC(n2cnc3ccccc3c2=O)CC1)C1CCNC1. The Morgan fingerprint density at radius 3 is 2.73 bits per heavy atom. The maximum Gasteiger partial charge on any atom is 0.261 e. The average Bonchev–Trinajstić information content (AvgIpc) is 3.22. The monoisotopic (exact) mass is 354 g/mol. The van der Waals surface area contributed by atoms with Crippen molar-refractivity contribution >= 4 is 16.8 Å². The predicted molar refractivity (Wildman–Crippen MR) is 101 cm³/mol. The Labute approximate surface area is 153 Å². The number of aromatic nitrogens is 2. The van der Waals surface area contributed by atoms with Crippen molar-refractivity contribution in [1.29, 1.82) is 0 Å². The van der Waals surface area contributed by atoms with Gasteiger partial charge in [0, 0.05) is 25.0 Å². The molecule has 0 saturated carbocycles. The number of amides is 1. The van der Waals surface area contributed by atoms with Crippen LogP contribution < -0.4 is 10.9 Å². The Bertz CT molecular complexity index is 848. The molecule has 2 aliphatic heterocycles. The van der Waals surface area contributed by atoms with Gasteiger partial charge in [-0.2, -0.15) is 0 Å². The van der Waals surface area contributed by atoms with Gasteiger partial charge in [0.25, 0.3) is 5.56 Å². The first kappa shape index (κ1) is 17.2. The van der Waals surface area contributed by atoms with Gasteiger partial charge in [-0.05, 0) is 50.4 Å². The van der Waals surface area contributed by atoms with E-state index in [0.717, 1.165) is 37.9 Å². The number of piperidine rings is 1. The third kappa shape index (κ3) is 3.14. The molecule has 0 radical (unpaired) electrons. The minimum atomic E-state index is 0.0192. The standard InChI is InChI=1S/C20H26N4O2/c1-14(15-6-9-21-12-15)19(25)23-10-7-16(8-11-23)24-13-22-18-5-3-2-4-17(18)20(24)26/h2-5,13-16,21H,6-12H2,1H3. The highest BCUT2D eigenvalue weighted by Gasteiger charge is 2.32. The number of nitrogens with zero attached hydrogens (tertiary/aromatic N) is 3. The number of hydrogen-bond donors (Lipinski definition) is 1. The summed E-state index contributed by atoms with van der Waals surface area (Å²) >= 11 is 0. The first-order valence-electron chi connectivity index (χ1n) is 9.60. The molecular weight excluding hydrogens is 328 g/mol. The molecule has 138 valence electrons. The highest BCUT2D eigenvalue weighted by molar-refractivity contribution is 5.79. The van der Waals surface area contributed by atoms with Crippen molar-refractivity contribution in [3.8, 4) is 0 Å². The summed E-state index contributed by atoms with van der Waals surface area (Å²) in [7, 11) is 0. The minimum Gasteiger partial charge on any atom is -0.342 e. The first-order valence-corrected chi connectivity index (χ1v) is 9.60. The summed E-state index contributed by atoms with van der Waals surface area (Å²) in [6, 6.07) is 7.58. The van der Waals surface area contributed by atoms with E-state index >= 15 is 0 Å². The van der Waals surface area contributed by atoms with Crippen LogP contribution in [0.5, 0.6) is 0 Å². The second-order valence-electron chi connectivity index (χ2n) is 7.57. The molecule has 1 aromatic carbocycles. The second kappa shape index (κ2) is 7.19. The lowest BCUT2D eigenvalue weighted by Crippen LogP contribution is -2.44. The summed E-state index contributed by atoms with van der Waals surface area (Å²) in [6.45, 7) is 5.45. The summed E-state index contributed by atoms with van der Waals surface area (Å²) in [4.78, 5) is 32.0. The average molecular weight is 354 g/mol. The maximum atomic E-state index is 12.8. The molecule has 1 N–H and O–H groups in total. The summed E-state index contributed by atoms with van der Waals surface area (Å²) in [6.07, 6.45) is 4.36. The Morgan fingerprint density at radius 1 is 1.23 bits per heavy atom. The van der Waals surface area contributed by atoms with Gasteiger partial charge >= 0.3 is 0 Å². The molecular formula is C20H26N4O2. The largest absolute Gasteiger partial charge is 0.342 e. The van der Waals surface area contributed by atoms with Crippen LogP contribution in [-0.4, -0.2) is 46.5 Å². The number of carbonyl (C=O) groups is 1. The van der Waals surface area contributed by atoms with Crippen LogP contribution in [0.3, 0.4) is 0 Å². The zero-order valence-electron chi connectivity index (χ0n) is 15.2. The smallest absolute Gasteiger partial charge is 0.261 e. The van der Waals surface area contributed by atoms with Gasteiger partial charge in [0.2, 0.25) is 5.91 Å². The molecule has 0 spiro atoms. The van der Waals surface area contributed by atoms with Crippen LogP contribution in [0.15, 0.2) is 35.4 Å². The van der Waals surface area contributed by atoms with Gasteiger partial charge in [0.05, 0.1) is 17.2 Å². The molecule has 6 heteroatoms. The van der Waals surface area contributed by atoms with E-state index in [2.05, 4.69) is 17.2 Å². The topological polar surface area (TPSA) is 67.2 Å². The first-order chi connectivity index (χ1) is 12.6. The van der Waals surface area contributed by atoms with Gasteiger partial charge in [0.1, 0.15) is 0 Å². The fourth-order valence-corrected chi connectivity index (χ4v) is 4.30. The molecule has 26 heavy (non-hydrogen) atoms. The van der Waals surface area contributed by atoms with Crippen molar-refractivity contribution in [1.82, 2.24) is 19.8 Å². The molecule has 2 atom stereocenters. The number of benzene rings is 1. The van der Waals surface area contributed by atoms with Crippen LogP contribution in [-0.2, 0) is 4.79 Å². The molecule has 6 nitrogen and oxygen atoms in total. The fourth-order valence-electron chi connectivity index (χ4n) is 4.30. The van der Waals surface area contributed by atoms with E-state index in [9.17, 15) is 9.59 Å². The lowest BCUT2D eigenvalue weighted by Gasteiger charge is -2.35. The minimum absolute atomic E-state index is 0.0192. The molecule has 2 unspecified atom stereocenters. The van der Waals surface area contributed by atoms with Crippen molar-refractivity contribution in [3.63, 3.8) is 0 Å². The van der Waals surface area contributed by atoms with Gasteiger partial charge in [-0.15, -0.1) is 0 Å². The highest BCUT2D eigenvalue weighted by Crippen LogP contribution is 2.26. The van der Waals surface area contributed by atoms with Crippen molar-refractivity contribution < 1.29 is 4.79 Å².